The highest BCUT2D eigenvalue weighted by Gasteiger charge is 2.59. The number of amides is 1. The van der Waals surface area contributed by atoms with E-state index in [1.54, 1.807) is 12.7 Å². The van der Waals surface area contributed by atoms with Crippen LogP contribution in [0, 0.1) is 40.4 Å². The van der Waals surface area contributed by atoms with Crippen LogP contribution < -0.4 is 9.64 Å². The van der Waals surface area contributed by atoms with Gasteiger partial charge in [0.1, 0.15) is 12.1 Å². The topological polar surface area (TPSA) is 78.8 Å². The number of carbonyl (C=O) groups excluding carboxylic acids is 1. The zero-order valence-corrected chi connectivity index (χ0v) is 25.1. The van der Waals surface area contributed by atoms with Crippen LogP contribution in [-0.2, 0) is 4.79 Å². The Hall–Kier alpha value is -2.15. The Morgan fingerprint density at radius 1 is 1.10 bits per heavy atom. The Balaban J connectivity index is 1.03. The van der Waals surface area contributed by atoms with Crippen LogP contribution in [0.1, 0.15) is 85.0 Å². The maximum Gasteiger partial charge on any atom is 0.222 e. The van der Waals surface area contributed by atoms with Crippen LogP contribution in [0.3, 0.4) is 0 Å². The number of methoxy groups -OCH3 is 1. The van der Waals surface area contributed by atoms with E-state index >= 15 is 0 Å². The molecule has 4 fully saturated rings. The zero-order chi connectivity index (χ0) is 28.1. The van der Waals surface area contributed by atoms with Gasteiger partial charge in [-0.05, 0) is 98.2 Å². The summed E-state index contributed by atoms with van der Waals surface area (Å²) >= 11 is 0. The maximum atomic E-state index is 13.2. The average molecular weight is 551 g/mol. The molecule has 4 aliphatic carbocycles. The van der Waals surface area contributed by atoms with Crippen molar-refractivity contribution >= 4 is 11.7 Å². The number of fused-ring (bicyclic) bond motifs is 5. The lowest BCUT2D eigenvalue weighted by Crippen LogP contribution is -2.51. The van der Waals surface area contributed by atoms with E-state index < -0.39 is 0 Å². The number of ether oxygens (including phenoxy) is 1. The van der Waals surface area contributed by atoms with Gasteiger partial charge in [-0.15, -0.1) is 0 Å². The third kappa shape index (κ3) is 4.84. The predicted octanol–water partition coefficient (Wildman–Crippen LogP) is 5.49. The van der Waals surface area contributed by atoms with Crippen molar-refractivity contribution in [1.29, 1.82) is 0 Å². The molecule has 1 unspecified atom stereocenters. The molecule has 0 aromatic carbocycles. The maximum absolute atomic E-state index is 13.2. The number of allylic oxidation sites excluding steroid dienone is 1. The number of anilines is 1. The SMILES string of the molecule is COc1cc(N2CCN(C(=O)CCC(C)[C@H]3CC[C@H]4[C@@H]5CC=C6C[C@@H](O)CC[C@]6(C)[C@H]5CC[C@]34C)CC2)ncn1. The molecule has 1 aliphatic heterocycles. The predicted molar refractivity (Wildman–Crippen MR) is 157 cm³/mol. The summed E-state index contributed by atoms with van der Waals surface area (Å²) in [5, 5.41) is 10.3. The van der Waals surface area contributed by atoms with Gasteiger partial charge in [0.15, 0.2) is 0 Å². The molecule has 8 atom stereocenters. The van der Waals surface area contributed by atoms with Gasteiger partial charge in [-0.2, -0.15) is 0 Å². The van der Waals surface area contributed by atoms with E-state index in [-0.39, 0.29) is 6.10 Å². The monoisotopic (exact) mass is 550 g/mol. The number of aliphatic hydroxyl groups excluding tert-OH is 1. The minimum Gasteiger partial charge on any atom is -0.481 e. The molecule has 5 aliphatic rings. The molecule has 3 saturated carbocycles. The van der Waals surface area contributed by atoms with Gasteiger partial charge >= 0.3 is 0 Å². The zero-order valence-electron chi connectivity index (χ0n) is 25.1. The highest BCUT2D eigenvalue weighted by molar-refractivity contribution is 5.76. The summed E-state index contributed by atoms with van der Waals surface area (Å²) in [6.45, 7) is 10.6. The molecule has 1 aromatic rings. The van der Waals surface area contributed by atoms with E-state index in [0.717, 1.165) is 81.4 Å². The van der Waals surface area contributed by atoms with Crippen LogP contribution >= 0.6 is 0 Å². The van der Waals surface area contributed by atoms with E-state index in [2.05, 4.69) is 46.6 Å². The third-order valence-corrected chi connectivity index (χ3v) is 12.4. The summed E-state index contributed by atoms with van der Waals surface area (Å²) in [7, 11) is 1.62. The number of rotatable bonds is 6. The number of aliphatic hydroxyl groups is 1. The first kappa shape index (κ1) is 28.0. The second-order valence-electron chi connectivity index (χ2n) is 14.2. The van der Waals surface area contributed by atoms with Gasteiger partial charge in [-0.1, -0.05) is 32.4 Å². The summed E-state index contributed by atoms with van der Waals surface area (Å²) in [6.07, 6.45) is 15.2. The van der Waals surface area contributed by atoms with Crippen molar-refractivity contribution in [1.82, 2.24) is 14.9 Å². The fraction of sp³-hybridized carbons (Fsp3) is 0.788. The molecule has 1 amide bonds. The van der Waals surface area contributed by atoms with Gasteiger partial charge < -0.3 is 19.6 Å². The van der Waals surface area contributed by atoms with Crippen molar-refractivity contribution in [3.63, 3.8) is 0 Å². The third-order valence-electron chi connectivity index (χ3n) is 12.4. The van der Waals surface area contributed by atoms with Crippen LogP contribution in [0.25, 0.3) is 0 Å². The van der Waals surface area contributed by atoms with Crippen molar-refractivity contribution in [2.24, 2.45) is 40.4 Å². The summed E-state index contributed by atoms with van der Waals surface area (Å²) in [5.74, 6) is 5.45. The van der Waals surface area contributed by atoms with Gasteiger partial charge in [0.05, 0.1) is 13.2 Å². The largest absolute Gasteiger partial charge is 0.481 e. The molecule has 7 nitrogen and oxygen atoms in total. The Morgan fingerprint density at radius 3 is 2.67 bits per heavy atom. The Bertz CT molecular complexity index is 1120. The number of hydrogen-bond acceptors (Lipinski definition) is 6. The second-order valence-corrected chi connectivity index (χ2v) is 14.2. The van der Waals surface area contributed by atoms with E-state index in [9.17, 15) is 9.90 Å². The van der Waals surface area contributed by atoms with Crippen molar-refractivity contribution in [2.75, 3.05) is 38.2 Å². The number of aromatic nitrogens is 2. The molecular weight excluding hydrogens is 500 g/mol. The first-order valence-electron chi connectivity index (χ1n) is 16.0. The van der Waals surface area contributed by atoms with Gasteiger partial charge in [0.2, 0.25) is 11.8 Å². The molecule has 40 heavy (non-hydrogen) atoms. The molecule has 1 N–H and O–H groups in total. The molecule has 6 rings (SSSR count). The molecule has 0 radical (unpaired) electrons. The van der Waals surface area contributed by atoms with Crippen LogP contribution in [0.2, 0.25) is 0 Å². The minimum absolute atomic E-state index is 0.129. The van der Waals surface area contributed by atoms with Gasteiger partial charge in [0, 0.05) is 38.7 Å². The second kappa shape index (κ2) is 10.9. The first-order valence-corrected chi connectivity index (χ1v) is 16.0. The molecule has 2 heterocycles. The van der Waals surface area contributed by atoms with Crippen LogP contribution in [0.5, 0.6) is 5.88 Å². The van der Waals surface area contributed by atoms with Gasteiger partial charge in [-0.25, -0.2) is 9.97 Å². The van der Waals surface area contributed by atoms with Crippen molar-refractivity contribution in [3.8, 4) is 5.88 Å². The van der Waals surface area contributed by atoms with Gasteiger partial charge in [0.25, 0.3) is 0 Å². The summed E-state index contributed by atoms with van der Waals surface area (Å²) in [6, 6.07) is 1.87. The Morgan fingerprint density at radius 2 is 1.90 bits per heavy atom. The highest BCUT2D eigenvalue weighted by Crippen LogP contribution is 2.67. The number of nitrogens with zero attached hydrogens (tertiary/aromatic N) is 4. The average Bonchev–Trinajstić information content (AvgIpc) is 3.33. The minimum atomic E-state index is -0.129. The first-order chi connectivity index (χ1) is 19.2. The summed E-state index contributed by atoms with van der Waals surface area (Å²) in [5.41, 5.74) is 2.28. The van der Waals surface area contributed by atoms with Crippen LogP contribution in [0.15, 0.2) is 24.0 Å². The van der Waals surface area contributed by atoms with Gasteiger partial charge in [-0.3, -0.25) is 4.79 Å². The molecule has 1 aromatic heterocycles. The smallest absolute Gasteiger partial charge is 0.222 e. The quantitative estimate of drug-likeness (QED) is 0.472. The molecule has 7 heteroatoms. The standard InChI is InChI=1S/C33H50N4O3/c1-22(5-10-31(39)37-17-15-36(16-18-37)29-20-30(40-4)35-21-34-29)26-8-9-27-25-7-6-23-19-24(38)11-13-32(23,2)28(25)12-14-33(26,27)3/h6,20-22,24-28,38H,5,7-19H2,1-4H3/t22?,24-,25-,26+,27-,28-,32-,33+/m0/s1. The van der Waals surface area contributed by atoms with Crippen LogP contribution in [0.4, 0.5) is 5.82 Å². The lowest BCUT2D eigenvalue weighted by atomic mass is 9.47. The molecular formula is C33H50N4O3. The summed E-state index contributed by atoms with van der Waals surface area (Å²) < 4.78 is 5.24. The van der Waals surface area contributed by atoms with Crippen molar-refractivity contribution < 1.29 is 14.6 Å². The van der Waals surface area contributed by atoms with E-state index in [1.807, 2.05) is 6.07 Å². The fourth-order valence-electron chi connectivity index (χ4n) is 10.1. The van der Waals surface area contributed by atoms with E-state index in [4.69, 9.17) is 4.74 Å². The normalized spacial score (nSPS) is 38.1. The number of piperazine rings is 1. The fourth-order valence-corrected chi connectivity index (χ4v) is 10.1. The van der Waals surface area contributed by atoms with Crippen molar-refractivity contribution in [3.05, 3.63) is 24.0 Å². The lowest BCUT2D eigenvalue weighted by molar-refractivity contribution is -0.132. The number of hydrogen-bond donors (Lipinski definition) is 1. The molecule has 0 bridgehead atoms. The Labute approximate surface area is 240 Å². The van der Waals surface area contributed by atoms with E-state index in [1.165, 1.54) is 38.4 Å². The molecule has 1 saturated heterocycles. The van der Waals surface area contributed by atoms with E-state index in [0.29, 0.717) is 35.0 Å². The van der Waals surface area contributed by atoms with Crippen LogP contribution in [-0.4, -0.2) is 65.3 Å². The number of carbonyl (C=O) groups is 1. The lowest BCUT2D eigenvalue weighted by Gasteiger charge is -2.58. The highest BCUT2D eigenvalue weighted by atomic mass is 16.5. The molecule has 0 spiro atoms. The Kier molecular flexibility index (Phi) is 7.64. The molecule has 220 valence electrons. The van der Waals surface area contributed by atoms with Crippen molar-refractivity contribution in [2.45, 2.75) is 91.1 Å². The summed E-state index contributed by atoms with van der Waals surface area (Å²) in [4.78, 5) is 26.0.